The molecule has 7 nitrogen and oxygen atoms in total. The zero-order valence-corrected chi connectivity index (χ0v) is 15.5. The second-order valence-electron chi connectivity index (χ2n) is 6.61. The molecule has 0 aromatic rings. The summed E-state index contributed by atoms with van der Waals surface area (Å²) < 4.78 is 5.29. The summed E-state index contributed by atoms with van der Waals surface area (Å²) in [5, 5.41) is 9.13. The summed E-state index contributed by atoms with van der Waals surface area (Å²) in [6.07, 6.45) is 5.06. The van der Waals surface area contributed by atoms with Gasteiger partial charge < -0.3 is 19.6 Å². The Kier molecular flexibility index (Phi) is 10.1. The Balaban J connectivity index is 2.64. The lowest BCUT2D eigenvalue weighted by atomic mass is 10.1. The first-order valence-corrected chi connectivity index (χ1v) is 9.31. The van der Waals surface area contributed by atoms with E-state index in [1.165, 1.54) is 0 Å². The number of carbonyl (C=O) groups excluding carboxylic acids is 2. The number of hydrogen-bond acceptors (Lipinski definition) is 4. The third-order valence-electron chi connectivity index (χ3n) is 4.44. The standard InChI is InChI=1S/C18H32N2O5/c1-3-25-12-8-11-19(13-15(2)18(23)24)17(22)14-20-10-7-5-4-6-9-16(20)21/h15H,3-14H2,1-2H3,(H,23,24). The lowest BCUT2D eigenvalue weighted by molar-refractivity contribution is -0.145. The molecule has 1 unspecified atom stereocenters. The van der Waals surface area contributed by atoms with E-state index in [-0.39, 0.29) is 24.9 Å². The van der Waals surface area contributed by atoms with Gasteiger partial charge in [-0.25, -0.2) is 0 Å². The van der Waals surface area contributed by atoms with Crippen molar-refractivity contribution in [2.75, 3.05) is 39.4 Å². The zero-order chi connectivity index (χ0) is 18.7. The van der Waals surface area contributed by atoms with Gasteiger partial charge in [0.05, 0.1) is 12.5 Å². The normalized spacial score (nSPS) is 16.9. The lowest BCUT2D eigenvalue weighted by Gasteiger charge is -2.29. The molecular formula is C18H32N2O5. The molecule has 1 heterocycles. The van der Waals surface area contributed by atoms with Gasteiger partial charge in [0.15, 0.2) is 0 Å². The predicted octanol–water partition coefficient (Wildman–Crippen LogP) is 1.75. The van der Waals surface area contributed by atoms with Gasteiger partial charge >= 0.3 is 5.97 Å². The van der Waals surface area contributed by atoms with E-state index in [2.05, 4.69) is 0 Å². The van der Waals surface area contributed by atoms with Crippen LogP contribution in [0.15, 0.2) is 0 Å². The molecular weight excluding hydrogens is 324 g/mol. The SMILES string of the molecule is CCOCCCN(CC(C)C(=O)O)C(=O)CN1CCCCCCC1=O. The molecule has 0 aromatic carbocycles. The molecule has 2 amide bonds. The molecule has 0 aliphatic carbocycles. The zero-order valence-electron chi connectivity index (χ0n) is 15.5. The summed E-state index contributed by atoms with van der Waals surface area (Å²) in [6, 6.07) is 0. The minimum Gasteiger partial charge on any atom is -0.481 e. The first-order valence-electron chi connectivity index (χ1n) is 9.31. The highest BCUT2D eigenvalue weighted by Gasteiger charge is 2.24. The Labute approximate surface area is 150 Å². The van der Waals surface area contributed by atoms with Gasteiger partial charge in [-0.1, -0.05) is 19.8 Å². The van der Waals surface area contributed by atoms with Crippen molar-refractivity contribution in [3.63, 3.8) is 0 Å². The number of carboxylic acid groups (broad SMARTS) is 1. The van der Waals surface area contributed by atoms with E-state index >= 15 is 0 Å². The van der Waals surface area contributed by atoms with Crippen LogP contribution < -0.4 is 0 Å². The van der Waals surface area contributed by atoms with Crippen molar-refractivity contribution in [1.82, 2.24) is 9.80 Å². The summed E-state index contributed by atoms with van der Waals surface area (Å²) >= 11 is 0. The molecule has 144 valence electrons. The van der Waals surface area contributed by atoms with Crippen molar-refractivity contribution >= 4 is 17.8 Å². The van der Waals surface area contributed by atoms with Crippen LogP contribution in [-0.2, 0) is 19.1 Å². The fraction of sp³-hybridized carbons (Fsp3) is 0.833. The monoisotopic (exact) mass is 356 g/mol. The highest BCUT2D eigenvalue weighted by Crippen LogP contribution is 2.12. The smallest absolute Gasteiger partial charge is 0.308 e. The van der Waals surface area contributed by atoms with E-state index in [4.69, 9.17) is 9.84 Å². The van der Waals surface area contributed by atoms with Crippen LogP contribution in [0.25, 0.3) is 0 Å². The van der Waals surface area contributed by atoms with Crippen LogP contribution in [0.1, 0.15) is 52.4 Å². The Morgan fingerprint density at radius 1 is 1.28 bits per heavy atom. The second kappa shape index (κ2) is 11.8. The maximum Gasteiger partial charge on any atom is 0.308 e. The van der Waals surface area contributed by atoms with Crippen LogP contribution in [0.4, 0.5) is 0 Å². The quantitative estimate of drug-likeness (QED) is 0.603. The van der Waals surface area contributed by atoms with Gasteiger partial charge in [-0.3, -0.25) is 14.4 Å². The van der Waals surface area contributed by atoms with Crippen molar-refractivity contribution in [3.05, 3.63) is 0 Å². The lowest BCUT2D eigenvalue weighted by Crippen LogP contribution is -2.46. The Morgan fingerprint density at radius 3 is 2.68 bits per heavy atom. The first-order chi connectivity index (χ1) is 12.0. The number of aliphatic carboxylic acids is 1. The molecule has 0 spiro atoms. The molecule has 1 fully saturated rings. The van der Waals surface area contributed by atoms with E-state index in [0.29, 0.717) is 39.1 Å². The van der Waals surface area contributed by atoms with Crippen LogP contribution >= 0.6 is 0 Å². The van der Waals surface area contributed by atoms with Crippen LogP contribution in [0.5, 0.6) is 0 Å². The molecule has 25 heavy (non-hydrogen) atoms. The molecule has 0 aromatic heterocycles. The molecule has 0 radical (unpaired) electrons. The van der Waals surface area contributed by atoms with Gasteiger partial charge in [0.1, 0.15) is 0 Å². The van der Waals surface area contributed by atoms with Gasteiger partial charge in [0.2, 0.25) is 11.8 Å². The minimum atomic E-state index is -0.926. The van der Waals surface area contributed by atoms with Gasteiger partial charge in [-0.2, -0.15) is 0 Å². The third kappa shape index (κ3) is 8.34. The number of carbonyl (C=O) groups is 3. The Morgan fingerprint density at radius 2 is 2.00 bits per heavy atom. The van der Waals surface area contributed by atoms with E-state index in [0.717, 1.165) is 25.7 Å². The Hall–Kier alpha value is -1.63. The summed E-state index contributed by atoms with van der Waals surface area (Å²) in [5.74, 6) is -1.73. The topological polar surface area (TPSA) is 87.2 Å². The highest BCUT2D eigenvalue weighted by molar-refractivity contribution is 5.85. The number of amides is 2. The van der Waals surface area contributed by atoms with Crippen LogP contribution in [-0.4, -0.2) is 72.1 Å². The molecule has 1 aliphatic heterocycles. The van der Waals surface area contributed by atoms with Crippen LogP contribution in [0.2, 0.25) is 0 Å². The van der Waals surface area contributed by atoms with Crippen molar-refractivity contribution in [2.24, 2.45) is 5.92 Å². The maximum atomic E-state index is 12.7. The van der Waals surface area contributed by atoms with Crippen molar-refractivity contribution in [1.29, 1.82) is 0 Å². The van der Waals surface area contributed by atoms with Gasteiger partial charge in [-0.15, -0.1) is 0 Å². The molecule has 1 aliphatic rings. The number of rotatable bonds is 10. The molecule has 1 atom stereocenters. The van der Waals surface area contributed by atoms with Crippen LogP contribution in [0, 0.1) is 5.92 Å². The number of hydrogen-bond donors (Lipinski definition) is 1. The van der Waals surface area contributed by atoms with Gasteiger partial charge in [-0.05, 0) is 26.2 Å². The van der Waals surface area contributed by atoms with Gasteiger partial charge in [0.25, 0.3) is 0 Å². The molecule has 1 rings (SSSR count). The van der Waals surface area contributed by atoms with E-state index in [1.54, 1.807) is 16.7 Å². The van der Waals surface area contributed by atoms with E-state index < -0.39 is 11.9 Å². The van der Waals surface area contributed by atoms with Crippen molar-refractivity contribution in [2.45, 2.75) is 52.4 Å². The van der Waals surface area contributed by atoms with E-state index in [9.17, 15) is 14.4 Å². The molecule has 1 saturated heterocycles. The van der Waals surface area contributed by atoms with E-state index in [1.807, 2.05) is 6.92 Å². The number of carboxylic acids is 1. The third-order valence-corrected chi connectivity index (χ3v) is 4.44. The van der Waals surface area contributed by atoms with Crippen LogP contribution in [0.3, 0.4) is 0 Å². The molecule has 0 bridgehead atoms. The van der Waals surface area contributed by atoms with Gasteiger partial charge in [0, 0.05) is 39.3 Å². The number of likely N-dealkylation sites (tertiary alicyclic amines) is 1. The maximum absolute atomic E-state index is 12.7. The minimum absolute atomic E-state index is 0.0219. The average molecular weight is 356 g/mol. The van der Waals surface area contributed by atoms with Crippen molar-refractivity contribution in [3.8, 4) is 0 Å². The Bertz CT molecular complexity index is 441. The fourth-order valence-electron chi connectivity index (χ4n) is 2.87. The molecule has 7 heteroatoms. The molecule has 0 saturated carbocycles. The second-order valence-corrected chi connectivity index (χ2v) is 6.61. The summed E-state index contributed by atoms with van der Waals surface area (Å²) in [4.78, 5) is 39.2. The summed E-state index contributed by atoms with van der Waals surface area (Å²) in [7, 11) is 0. The largest absolute Gasteiger partial charge is 0.481 e. The average Bonchev–Trinajstić information content (AvgIpc) is 2.56. The number of ether oxygens (including phenoxy) is 1. The molecule has 1 N–H and O–H groups in total. The first kappa shape index (κ1) is 21.4. The predicted molar refractivity (Wildman–Crippen MR) is 94.2 cm³/mol. The summed E-state index contributed by atoms with van der Waals surface area (Å²) in [5.41, 5.74) is 0. The highest BCUT2D eigenvalue weighted by atomic mass is 16.5. The fourth-order valence-corrected chi connectivity index (χ4v) is 2.87. The number of nitrogens with zero attached hydrogens (tertiary/aromatic N) is 2. The summed E-state index contributed by atoms with van der Waals surface area (Å²) in [6.45, 7) is 5.88. The van der Waals surface area contributed by atoms with Crippen molar-refractivity contribution < 1.29 is 24.2 Å².